The zero-order valence-electron chi connectivity index (χ0n) is 7.36. The minimum atomic E-state index is 1.10. The van der Waals surface area contributed by atoms with Crippen molar-refractivity contribution in [3.63, 3.8) is 0 Å². The van der Waals surface area contributed by atoms with Crippen LogP contribution in [0.25, 0.3) is 0 Å². The van der Waals surface area contributed by atoms with Crippen LogP contribution in [0, 0.1) is 0 Å². The van der Waals surface area contributed by atoms with Gasteiger partial charge in [-0.2, -0.15) is 0 Å². The fraction of sp³-hybridized carbons (Fsp3) is 0.400. The van der Waals surface area contributed by atoms with Crippen LogP contribution in [0.1, 0.15) is 27.7 Å². The lowest BCUT2D eigenvalue weighted by molar-refractivity contribution is 1.29. The fourth-order valence-electron chi connectivity index (χ4n) is 0.434. The molecule has 0 saturated carbocycles. The molecule has 0 aromatic heterocycles. The summed E-state index contributed by atoms with van der Waals surface area (Å²) in [6.07, 6.45) is 4.12. The summed E-state index contributed by atoms with van der Waals surface area (Å²) in [5.74, 6) is 0. The van der Waals surface area contributed by atoms with E-state index in [0.717, 1.165) is 5.57 Å². The van der Waals surface area contributed by atoms with Crippen LogP contribution in [-0.4, -0.2) is 0 Å². The van der Waals surface area contributed by atoms with Crippen molar-refractivity contribution in [3.05, 3.63) is 35.5 Å². The molecule has 0 rings (SSSR count). The molecule has 0 nitrogen and oxygen atoms in total. The van der Waals surface area contributed by atoms with Crippen LogP contribution in [0.4, 0.5) is 0 Å². The lowest BCUT2D eigenvalue weighted by atomic mass is 10.1. The first-order valence-electron chi connectivity index (χ1n) is 3.51. The first-order valence-corrected chi connectivity index (χ1v) is 3.51. The predicted molar refractivity (Wildman–Crippen MR) is 48.0 cm³/mol. The molecule has 0 aromatic rings. The summed E-state index contributed by atoms with van der Waals surface area (Å²) < 4.78 is 0. The van der Waals surface area contributed by atoms with Gasteiger partial charge in [-0.1, -0.05) is 35.5 Å². The van der Waals surface area contributed by atoms with Crippen molar-refractivity contribution in [1.82, 2.24) is 0 Å². The van der Waals surface area contributed by atoms with E-state index in [1.807, 2.05) is 13.0 Å². The molecule has 0 bridgehead atoms. The third-order valence-corrected chi connectivity index (χ3v) is 1.41. The van der Waals surface area contributed by atoms with Crippen molar-refractivity contribution in [2.75, 3.05) is 0 Å². The zero-order chi connectivity index (χ0) is 8.15. The fourth-order valence-corrected chi connectivity index (χ4v) is 0.434. The van der Waals surface area contributed by atoms with Crippen LogP contribution in [0.3, 0.4) is 0 Å². The third-order valence-electron chi connectivity index (χ3n) is 1.41. The largest absolute Gasteiger partial charge is 0.0961 e. The minimum Gasteiger partial charge on any atom is -0.0961 e. The van der Waals surface area contributed by atoms with Gasteiger partial charge in [0.1, 0.15) is 0 Å². The highest BCUT2D eigenvalue weighted by molar-refractivity contribution is 5.26. The second-order valence-electron chi connectivity index (χ2n) is 2.86. The molecule has 0 amide bonds. The van der Waals surface area contributed by atoms with Gasteiger partial charge in [0.25, 0.3) is 0 Å². The minimum absolute atomic E-state index is 1.10. The van der Waals surface area contributed by atoms with E-state index < -0.39 is 0 Å². The molecule has 0 heterocycles. The van der Waals surface area contributed by atoms with E-state index in [1.165, 1.54) is 11.1 Å². The zero-order valence-corrected chi connectivity index (χ0v) is 7.36. The molecule has 0 aromatic carbocycles. The molecule has 0 aliphatic heterocycles. The van der Waals surface area contributed by atoms with Crippen LogP contribution in [0.5, 0.6) is 0 Å². The molecule has 0 fully saturated rings. The molecular weight excluding hydrogens is 120 g/mol. The Hall–Kier alpha value is -0.780. The maximum atomic E-state index is 3.78. The van der Waals surface area contributed by atoms with Crippen molar-refractivity contribution < 1.29 is 0 Å². The summed E-state index contributed by atoms with van der Waals surface area (Å²) in [6.45, 7) is 12.1. The third kappa shape index (κ3) is 4.13. The molecule has 10 heavy (non-hydrogen) atoms. The van der Waals surface area contributed by atoms with Crippen LogP contribution < -0.4 is 0 Å². The van der Waals surface area contributed by atoms with Crippen molar-refractivity contribution in [2.24, 2.45) is 0 Å². The summed E-state index contributed by atoms with van der Waals surface area (Å²) in [5, 5.41) is 0. The van der Waals surface area contributed by atoms with Crippen molar-refractivity contribution >= 4 is 0 Å². The Kier molecular flexibility index (Phi) is 3.78. The van der Waals surface area contributed by atoms with Crippen molar-refractivity contribution in [2.45, 2.75) is 27.7 Å². The molecule has 0 spiro atoms. The van der Waals surface area contributed by atoms with Crippen molar-refractivity contribution in [3.8, 4) is 0 Å². The van der Waals surface area contributed by atoms with Gasteiger partial charge in [-0.25, -0.2) is 0 Å². The Labute approximate surface area is 64.0 Å². The molecule has 0 saturated heterocycles. The Balaban J connectivity index is 4.16. The van der Waals surface area contributed by atoms with Gasteiger partial charge in [0, 0.05) is 0 Å². The number of hydrogen-bond acceptors (Lipinski definition) is 0. The normalized spacial score (nSPS) is 10.0. The standard InChI is InChI=1S/C10H16/c1-8(2)6-7-10(5)9(3)4/h6-7H,1H2,2-5H3/b7-6-. The van der Waals surface area contributed by atoms with Gasteiger partial charge in [0.2, 0.25) is 0 Å². The van der Waals surface area contributed by atoms with Gasteiger partial charge in [0.15, 0.2) is 0 Å². The Morgan fingerprint density at radius 1 is 1.00 bits per heavy atom. The highest BCUT2D eigenvalue weighted by atomic mass is 13.9. The van der Waals surface area contributed by atoms with Gasteiger partial charge >= 0.3 is 0 Å². The van der Waals surface area contributed by atoms with Crippen LogP contribution in [0.2, 0.25) is 0 Å². The quantitative estimate of drug-likeness (QED) is 0.510. The van der Waals surface area contributed by atoms with E-state index in [9.17, 15) is 0 Å². The number of hydrogen-bond donors (Lipinski definition) is 0. The maximum absolute atomic E-state index is 3.78. The Morgan fingerprint density at radius 3 is 1.80 bits per heavy atom. The average molecular weight is 136 g/mol. The number of rotatable bonds is 2. The molecular formula is C10H16. The first-order chi connectivity index (χ1) is 4.54. The van der Waals surface area contributed by atoms with E-state index >= 15 is 0 Å². The van der Waals surface area contributed by atoms with Gasteiger partial charge < -0.3 is 0 Å². The molecule has 0 aliphatic rings. The molecule has 0 radical (unpaired) electrons. The molecule has 0 N–H and O–H groups in total. The highest BCUT2D eigenvalue weighted by Gasteiger charge is 1.83. The summed E-state index contributed by atoms with van der Waals surface area (Å²) in [5.41, 5.74) is 3.78. The Bertz CT molecular complexity index is 176. The van der Waals surface area contributed by atoms with Crippen LogP contribution in [-0.2, 0) is 0 Å². The van der Waals surface area contributed by atoms with Gasteiger partial charge in [-0.15, -0.1) is 0 Å². The van der Waals surface area contributed by atoms with E-state index in [4.69, 9.17) is 0 Å². The van der Waals surface area contributed by atoms with E-state index in [-0.39, 0.29) is 0 Å². The van der Waals surface area contributed by atoms with E-state index in [1.54, 1.807) is 0 Å². The summed E-state index contributed by atoms with van der Waals surface area (Å²) in [7, 11) is 0. The van der Waals surface area contributed by atoms with Crippen LogP contribution in [0.15, 0.2) is 35.5 Å². The van der Waals surface area contributed by atoms with E-state index in [2.05, 4.69) is 33.4 Å². The van der Waals surface area contributed by atoms with Gasteiger partial charge in [-0.05, 0) is 27.7 Å². The smallest absolute Gasteiger partial charge is 0.0398 e. The summed E-state index contributed by atoms with van der Waals surface area (Å²) in [6, 6.07) is 0. The predicted octanol–water partition coefficient (Wildman–Crippen LogP) is 3.48. The maximum Gasteiger partial charge on any atom is -0.0398 e. The lowest BCUT2D eigenvalue weighted by Crippen LogP contribution is -1.73. The topological polar surface area (TPSA) is 0 Å². The monoisotopic (exact) mass is 136 g/mol. The first kappa shape index (κ1) is 9.22. The second kappa shape index (κ2) is 4.10. The SMILES string of the molecule is C=C(C)/C=C\C(C)=C(C)C. The Morgan fingerprint density at radius 2 is 1.50 bits per heavy atom. The molecule has 0 heteroatoms. The average Bonchev–Trinajstić information content (AvgIpc) is 1.82. The molecule has 56 valence electrons. The van der Waals surface area contributed by atoms with E-state index in [0.29, 0.717) is 0 Å². The van der Waals surface area contributed by atoms with Gasteiger partial charge in [-0.3, -0.25) is 0 Å². The molecule has 0 atom stereocenters. The second-order valence-corrected chi connectivity index (χ2v) is 2.86. The summed E-state index contributed by atoms with van der Waals surface area (Å²) >= 11 is 0. The highest BCUT2D eigenvalue weighted by Crippen LogP contribution is 2.04. The summed E-state index contributed by atoms with van der Waals surface area (Å²) in [4.78, 5) is 0. The molecule has 0 unspecified atom stereocenters. The van der Waals surface area contributed by atoms with Crippen molar-refractivity contribution in [1.29, 1.82) is 0 Å². The number of allylic oxidation sites excluding steroid dienone is 5. The molecule has 0 aliphatic carbocycles. The van der Waals surface area contributed by atoms with Gasteiger partial charge in [0.05, 0.1) is 0 Å². The lowest BCUT2D eigenvalue weighted by Gasteiger charge is -1.94. The van der Waals surface area contributed by atoms with Crippen LogP contribution >= 0.6 is 0 Å².